The third-order valence-electron chi connectivity index (χ3n) is 4.68. The predicted molar refractivity (Wildman–Crippen MR) is 85.6 cm³/mol. The topological polar surface area (TPSA) is 102 Å². The first-order chi connectivity index (χ1) is 11.8. The van der Waals surface area contributed by atoms with Crippen LogP contribution < -0.4 is 0 Å². The lowest BCUT2D eigenvalue weighted by molar-refractivity contribution is -0.197. The molecule has 0 aliphatic carbocycles. The number of carbonyl (C=O) groups is 3. The van der Waals surface area contributed by atoms with E-state index in [0.717, 1.165) is 17.6 Å². The van der Waals surface area contributed by atoms with Crippen LogP contribution in [0.25, 0.3) is 0 Å². The van der Waals surface area contributed by atoms with E-state index in [9.17, 15) is 19.5 Å². The van der Waals surface area contributed by atoms with Crippen molar-refractivity contribution < 1.29 is 33.7 Å². The monoisotopic (exact) mass is 351 g/mol. The molecule has 136 valence electrons. The van der Waals surface area contributed by atoms with Gasteiger partial charge in [0.05, 0.1) is 13.7 Å². The van der Waals surface area contributed by atoms with Gasteiger partial charge in [-0.2, -0.15) is 0 Å². The smallest absolute Gasteiger partial charge is 0.346 e. The quantitative estimate of drug-likeness (QED) is 0.586. The van der Waals surface area contributed by atoms with Crippen LogP contribution in [0.2, 0.25) is 0 Å². The molecule has 8 nitrogen and oxygen atoms in total. The van der Waals surface area contributed by atoms with E-state index in [2.05, 4.69) is 0 Å². The van der Waals surface area contributed by atoms with Gasteiger partial charge in [0.2, 0.25) is 0 Å². The van der Waals surface area contributed by atoms with Crippen LogP contribution in [0, 0.1) is 0 Å². The highest BCUT2D eigenvalue weighted by molar-refractivity contribution is 6.12. The van der Waals surface area contributed by atoms with Crippen LogP contribution in [0.4, 0.5) is 0 Å². The zero-order valence-corrected chi connectivity index (χ0v) is 14.5. The standard InChI is InChI=1S/C17H21NO7/c1-16(25-10-11-8-6-5-7-9-11)12(23-3)13(19)18(2)17(16,14(20)21)15(22)24-4/h5-9,12H,10H2,1-4H3,(H,20,21)/t12-,16+,17+/m0/s1. The van der Waals surface area contributed by atoms with Gasteiger partial charge in [0.25, 0.3) is 11.4 Å². The van der Waals surface area contributed by atoms with Crippen molar-refractivity contribution in [3.8, 4) is 0 Å². The summed E-state index contributed by atoms with van der Waals surface area (Å²) >= 11 is 0. The first kappa shape index (κ1) is 18.9. The number of carbonyl (C=O) groups excluding carboxylic acids is 2. The summed E-state index contributed by atoms with van der Waals surface area (Å²) in [5, 5.41) is 9.87. The average molecular weight is 351 g/mol. The second kappa shape index (κ2) is 6.81. The summed E-state index contributed by atoms with van der Waals surface area (Å²) < 4.78 is 15.8. The Hall–Kier alpha value is -2.45. The normalized spacial score (nSPS) is 28.9. The summed E-state index contributed by atoms with van der Waals surface area (Å²) in [5.41, 5.74) is -3.42. The van der Waals surface area contributed by atoms with Crippen LogP contribution in [0.5, 0.6) is 0 Å². The second-order valence-electron chi connectivity index (χ2n) is 5.90. The van der Waals surface area contributed by atoms with Crippen molar-refractivity contribution in [1.82, 2.24) is 4.90 Å². The average Bonchev–Trinajstić information content (AvgIpc) is 2.77. The number of esters is 1. The fourth-order valence-corrected chi connectivity index (χ4v) is 3.34. The third kappa shape index (κ3) is 2.58. The molecule has 1 aliphatic rings. The number of hydrogen-bond donors (Lipinski definition) is 1. The minimum Gasteiger partial charge on any atom is -0.479 e. The van der Waals surface area contributed by atoms with Gasteiger partial charge in [0.1, 0.15) is 5.60 Å². The minimum absolute atomic E-state index is 0.00958. The number of benzene rings is 1. The SMILES string of the molecule is COC(=O)[C@@]1(C(=O)O)N(C)C(=O)[C@H](OC)[C@@]1(C)OCc1ccccc1. The van der Waals surface area contributed by atoms with Gasteiger partial charge in [-0.05, 0) is 12.5 Å². The molecule has 2 rings (SSSR count). The zero-order chi connectivity index (χ0) is 18.8. The van der Waals surface area contributed by atoms with Crippen molar-refractivity contribution >= 4 is 17.8 Å². The second-order valence-corrected chi connectivity index (χ2v) is 5.90. The van der Waals surface area contributed by atoms with Gasteiger partial charge in [0, 0.05) is 14.2 Å². The van der Waals surface area contributed by atoms with Gasteiger partial charge in [0.15, 0.2) is 6.10 Å². The van der Waals surface area contributed by atoms with E-state index in [4.69, 9.17) is 14.2 Å². The molecule has 1 amide bonds. The minimum atomic E-state index is -2.37. The first-order valence-electron chi connectivity index (χ1n) is 7.57. The molecule has 1 saturated heterocycles. The Morgan fingerprint density at radius 2 is 1.84 bits per heavy atom. The molecule has 0 unspecified atom stereocenters. The first-order valence-corrected chi connectivity index (χ1v) is 7.57. The summed E-state index contributed by atoms with van der Waals surface area (Å²) in [6.07, 6.45) is -1.28. The van der Waals surface area contributed by atoms with Gasteiger partial charge < -0.3 is 24.2 Å². The molecule has 3 atom stereocenters. The van der Waals surface area contributed by atoms with Crippen LogP contribution in [-0.2, 0) is 35.2 Å². The number of likely N-dealkylation sites (tertiary alicyclic amines) is 1. The van der Waals surface area contributed by atoms with Crippen LogP contribution in [-0.4, -0.2) is 66.4 Å². The molecule has 0 bridgehead atoms. The molecule has 1 heterocycles. The number of rotatable bonds is 6. The van der Waals surface area contributed by atoms with Crippen LogP contribution >= 0.6 is 0 Å². The summed E-state index contributed by atoms with van der Waals surface area (Å²) in [7, 11) is 3.54. The molecule has 1 N–H and O–H groups in total. The summed E-state index contributed by atoms with van der Waals surface area (Å²) in [6.45, 7) is 1.36. The Morgan fingerprint density at radius 3 is 2.32 bits per heavy atom. The van der Waals surface area contributed by atoms with E-state index in [1.165, 1.54) is 21.1 Å². The molecular formula is C17H21NO7. The number of nitrogens with zero attached hydrogens (tertiary/aromatic N) is 1. The lowest BCUT2D eigenvalue weighted by Gasteiger charge is -2.40. The van der Waals surface area contributed by atoms with Crippen LogP contribution in [0.15, 0.2) is 30.3 Å². The predicted octanol–water partition coefficient (Wildman–Crippen LogP) is 0.445. The Labute approximate surface area is 145 Å². The number of hydrogen-bond acceptors (Lipinski definition) is 6. The zero-order valence-electron chi connectivity index (χ0n) is 14.5. The van der Waals surface area contributed by atoms with Crippen LogP contribution in [0.1, 0.15) is 12.5 Å². The number of amides is 1. The molecule has 1 aromatic rings. The van der Waals surface area contributed by atoms with Crippen LogP contribution in [0.3, 0.4) is 0 Å². The number of ether oxygens (including phenoxy) is 3. The maximum atomic E-state index is 12.6. The summed E-state index contributed by atoms with van der Waals surface area (Å²) in [4.78, 5) is 38.0. The molecule has 0 aromatic heterocycles. The third-order valence-corrected chi connectivity index (χ3v) is 4.68. The molecule has 0 spiro atoms. The molecule has 8 heteroatoms. The highest BCUT2D eigenvalue weighted by atomic mass is 16.6. The van der Waals surface area contributed by atoms with E-state index in [-0.39, 0.29) is 6.61 Å². The van der Waals surface area contributed by atoms with E-state index < -0.39 is 35.1 Å². The molecule has 25 heavy (non-hydrogen) atoms. The highest BCUT2D eigenvalue weighted by Gasteiger charge is 2.76. The van der Waals surface area contributed by atoms with Crippen molar-refractivity contribution in [2.45, 2.75) is 30.8 Å². The highest BCUT2D eigenvalue weighted by Crippen LogP contribution is 2.44. The van der Waals surface area contributed by atoms with Crippen molar-refractivity contribution in [3.63, 3.8) is 0 Å². The fraction of sp³-hybridized carbons (Fsp3) is 0.471. The number of carboxylic acid groups (broad SMARTS) is 1. The van der Waals surface area contributed by atoms with E-state index in [1.807, 2.05) is 6.07 Å². The fourth-order valence-electron chi connectivity index (χ4n) is 3.34. The van der Waals surface area contributed by atoms with E-state index >= 15 is 0 Å². The van der Waals surface area contributed by atoms with Gasteiger partial charge in [-0.25, -0.2) is 9.59 Å². The molecule has 1 fully saturated rings. The summed E-state index contributed by atoms with van der Waals surface area (Å²) in [6, 6.07) is 8.99. The van der Waals surface area contributed by atoms with E-state index in [1.54, 1.807) is 24.3 Å². The summed E-state index contributed by atoms with van der Waals surface area (Å²) in [5.74, 6) is -3.33. The molecule has 0 saturated carbocycles. The van der Waals surface area contributed by atoms with Gasteiger partial charge in [-0.1, -0.05) is 30.3 Å². The maximum Gasteiger partial charge on any atom is 0.346 e. The molecule has 1 aromatic carbocycles. The Morgan fingerprint density at radius 1 is 1.24 bits per heavy atom. The van der Waals surface area contributed by atoms with E-state index in [0.29, 0.717) is 0 Å². The lowest BCUT2D eigenvalue weighted by Crippen LogP contribution is -2.69. The number of carboxylic acids is 1. The van der Waals surface area contributed by atoms with Gasteiger partial charge in [-0.15, -0.1) is 0 Å². The maximum absolute atomic E-state index is 12.6. The largest absolute Gasteiger partial charge is 0.479 e. The number of likely N-dealkylation sites (N-methyl/N-ethyl adjacent to an activating group) is 1. The Balaban J connectivity index is 2.55. The lowest BCUT2D eigenvalue weighted by atomic mass is 9.79. The number of aliphatic carboxylic acids is 1. The molecule has 1 aliphatic heterocycles. The van der Waals surface area contributed by atoms with Gasteiger partial charge >= 0.3 is 11.9 Å². The molecular weight excluding hydrogens is 330 g/mol. The van der Waals surface area contributed by atoms with Crippen molar-refractivity contribution in [3.05, 3.63) is 35.9 Å². The Kier molecular flexibility index (Phi) is 5.15. The number of methoxy groups -OCH3 is 2. The van der Waals surface area contributed by atoms with Gasteiger partial charge in [-0.3, -0.25) is 4.79 Å². The Bertz CT molecular complexity index is 677. The van der Waals surface area contributed by atoms with Crippen molar-refractivity contribution in [2.24, 2.45) is 0 Å². The van der Waals surface area contributed by atoms with Crippen molar-refractivity contribution in [1.29, 1.82) is 0 Å². The molecule has 0 radical (unpaired) electrons. The van der Waals surface area contributed by atoms with Crippen molar-refractivity contribution in [2.75, 3.05) is 21.3 Å².